The zero-order valence-electron chi connectivity index (χ0n) is 7.88. The van der Waals surface area contributed by atoms with Gasteiger partial charge in [0.25, 0.3) is 12.3 Å². The second-order valence-electron chi connectivity index (χ2n) is 2.95. The molecular formula is C9H9ClF2N2O. The largest absolute Gasteiger partial charge is 0.344 e. The molecule has 1 amide bonds. The maximum atomic E-state index is 12.1. The van der Waals surface area contributed by atoms with Crippen LogP contribution in [0.2, 0.25) is 5.02 Å². The van der Waals surface area contributed by atoms with Crippen molar-refractivity contribution in [3.63, 3.8) is 0 Å². The molecule has 0 fully saturated rings. The number of nitrogens with zero attached hydrogens (tertiary/aromatic N) is 1. The summed E-state index contributed by atoms with van der Waals surface area (Å²) >= 11 is 5.69. The first-order valence-electron chi connectivity index (χ1n) is 4.21. The van der Waals surface area contributed by atoms with Crippen LogP contribution in [-0.2, 0) is 0 Å². The smallest absolute Gasteiger partial charge is 0.258 e. The van der Waals surface area contributed by atoms with E-state index in [0.717, 1.165) is 0 Å². The van der Waals surface area contributed by atoms with E-state index in [9.17, 15) is 13.6 Å². The quantitative estimate of drug-likeness (QED) is 0.871. The van der Waals surface area contributed by atoms with E-state index >= 15 is 0 Å². The van der Waals surface area contributed by atoms with Crippen molar-refractivity contribution >= 4 is 17.5 Å². The molecule has 6 heteroatoms. The maximum absolute atomic E-state index is 12.1. The van der Waals surface area contributed by atoms with Crippen molar-refractivity contribution in [3.8, 4) is 0 Å². The maximum Gasteiger partial charge on any atom is 0.258 e. The molecule has 0 saturated heterocycles. The van der Waals surface area contributed by atoms with Gasteiger partial charge in [0.1, 0.15) is 0 Å². The fourth-order valence-electron chi connectivity index (χ4n) is 0.892. The van der Waals surface area contributed by atoms with Gasteiger partial charge >= 0.3 is 0 Å². The topological polar surface area (TPSA) is 42.0 Å². The first kappa shape index (κ1) is 11.8. The van der Waals surface area contributed by atoms with Crippen LogP contribution in [0.5, 0.6) is 0 Å². The highest BCUT2D eigenvalue weighted by Gasteiger charge is 2.19. The predicted molar refractivity (Wildman–Crippen MR) is 52.2 cm³/mol. The number of hydrogen-bond donors (Lipinski definition) is 1. The van der Waals surface area contributed by atoms with E-state index in [1.165, 1.54) is 25.4 Å². The summed E-state index contributed by atoms with van der Waals surface area (Å²) in [6, 6.07) is 0.206. The Kier molecular flexibility index (Phi) is 3.96. The van der Waals surface area contributed by atoms with E-state index in [-0.39, 0.29) is 10.6 Å². The SMILES string of the molecule is CC(NC(=O)c1cnccc1Cl)C(F)F. The molecule has 1 aromatic rings. The van der Waals surface area contributed by atoms with Gasteiger partial charge in [0.2, 0.25) is 0 Å². The molecular weight excluding hydrogens is 226 g/mol. The fourth-order valence-corrected chi connectivity index (χ4v) is 1.08. The molecule has 0 aliphatic carbocycles. The second kappa shape index (κ2) is 5.02. The Hall–Kier alpha value is -1.23. The van der Waals surface area contributed by atoms with Crippen molar-refractivity contribution in [3.05, 3.63) is 29.0 Å². The van der Waals surface area contributed by atoms with Crippen molar-refractivity contribution in [1.82, 2.24) is 10.3 Å². The Labute approximate surface area is 90.5 Å². The fraction of sp³-hybridized carbons (Fsp3) is 0.333. The van der Waals surface area contributed by atoms with Crippen LogP contribution in [0.15, 0.2) is 18.5 Å². The van der Waals surface area contributed by atoms with Crippen LogP contribution in [0.4, 0.5) is 8.78 Å². The summed E-state index contributed by atoms with van der Waals surface area (Å²) in [5.74, 6) is -0.652. The van der Waals surface area contributed by atoms with Gasteiger partial charge in [0, 0.05) is 12.4 Å². The highest BCUT2D eigenvalue weighted by Crippen LogP contribution is 2.13. The van der Waals surface area contributed by atoms with E-state index in [4.69, 9.17) is 11.6 Å². The van der Waals surface area contributed by atoms with Gasteiger partial charge in [-0.2, -0.15) is 0 Å². The number of amides is 1. The van der Waals surface area contributed by atoms with E-state index in [1.54, 1.807) is 0 Å². The Morgan fingerprint density at radius 1 is 1.60 bits per heavy atom. The van der Waals surface area contributed by atoms with Gasteiger partial charge in [0.15, 0.2) is 0 Å². The molecule has 1 N–H and O–H groups in total. The number of alkyl halides is 2. The Morgan fingerprint density at radius 2 is 2.27 bits per heavy atom. The second-order valence-corrected chi connectivity index (χ2v) is 3.36. The molecule has 0 aliphatic rings. The summed E-state index contributed by atoms with van der Waals surface area (Å²) in [7, 11) is 0. The number of nitrogens with one attached hydrogen (secondary N) is 1. The summed E-state index contributed by atoms with van der Waals surface area (Å²) in [6.45, 7) is 1.22. The average molecular weight is 235 g/mol. The molecule has 1 heterocycles. The lowest BCUT2D eigenvalue weighted by Crippen LogP contribution is -2.37. The van der Waals surface area contributed by atoms with Crippen molar-refractivity contribution < 1.29 is 13.6 Å². The highest BCUT2D eigenvalue weighted by atomic mass is 35.5. The van der Waals surface area contributed by atoms with Gasteiger partial charge in [-0.3, -0.25) is 9.78 Å². The van der Waals surface area contributed by atoms with Crippen molar-refractivity contribution in [2.45, 2.75) is 19.4 Å². The van der Waals surface area contributed by atoms with Gasteiger partial charge < -0.3 is 5.32 Å². The lowest BCUT2D eigenvalue weighted by Gasteiger charge is -2.12. The molecule has 0 spiro atoms. The van der Waals surface area contributed by atoms with E-state index in [1.807, 2.05) is 0 Å². The van der Waals surface area contributed by atoms with Gasteiger partial charge in [-0.05, 0) is 13.0 Å². The highest BCUT2D eigenvalue weighted by molar-refractivity contribution is 6.33. The molecule has 0 aliphatic heterocycles. The molecule has 1 rings (SSSR count). The van der Waals surface area contributed by atoms with Gasteiger partial charge in [-0.15, -0.1) is 0 Å². The number of aromatic nitrogens is 1. The first-order chi connectivity index (χ1) is 7.02. The van der Waals surface area contributed by atoms with Crippen molar-refractivity contribution in [2.24, 2.45) is 0 Å². The minimum Gasteiger partial charge on any atom is -0.344 e. The Bertz CT molecular complexity index is 360. The molecule has 0 aromatic carbocycles. The number of pyridine rings is 1. The number of hydrogen-bond acceptors (Lipinski definition) is 2. The molecule has 1 aromatic heterocycles. The summed E-state index contributed by atoms with van der Waals surface area (Å²) < 4.78 is 24.3. The van der Waals surface area contributed by atoms with Crippen LogP contribution in [-0.4, -0.2) is 23.4 Å². The van der Waals surface area contributed by atoms with Crippen molar-refractivity contribution in [2.75, 3.05) is 0 Å². The predicted octanol–water partition coefficient (Wildman–Crippen LogP) is 2.12. The summed E-state index contributed by atoms with van der Waals surface area (Å²) in [5.41, 5.74) is 0.0895. The standard InChI is InChI=1S/C9H9ClF2N2O/c1-5(8(11)12)14-9(15)6-4-13-3-2-7(6)10/h2-5,8H,1H3,(H,14,15). The number of rotatable bonds is 3. The van der Waals surface area contributed by atoms with Crippen LogP contribution in [0.1, 0.15) is 17.3 Å². The van der Waals surface area contributed by atoms with Gasteiger partial charge in [-0.1, -0.05) is 11.6 Å². The Morgan fingerprint density at radius 3 is 2.80 bits per heavy atom. The monoisotopic (exact) mass is 234 g/mol. The van der Waals surface area contributed by atoms with Crippen molar-refractivity contribution in [1.29, 1.82) is 0 Å². The van der Waals surface area contributed by atoms with Crippen LogP contribution >= 0.6 is 11.6 Å². The van der Waals surface area contributed by atoms with Crippen LogP contribution in [0.3, 0.4) is 0 Å². The van der Waals surface area contributed by atoms with E-state index in [2.05, 4.69) is 10.3 Å². The molecule has 15 heavy (non-hydrogen) atoms. The molecule has 0 radical (unpaired) electrons. The van der Waals surface area contributed by atoms with Crippen LogP contribution in [0.25, 0.3) is 0 Å². The zero-order chi connectivity index (χ0) is 11.4. The minimum absolute atomic E-state index is 0.0895. The number of carbonyl (C=O) groups is 1. The molecule has 0 saturated carbocycles. The molecule has 1 unspecified atom stereocenters. The molecule has 82 valence electrons. The zero-order valence-corrected chi connectivity index (χ0v) is 8.63. The summed E-state index contributed by atoms with van der Waals surface area (Å²) in [4.78, 5) is 15.1. The molecule has 3 nitrogen and oxygen atoms in total. The first-order valence-corrected chi connectivity index (χ1v) is 4.58. The Balaban J connectivity index is 2.74. The van der Waals surface area contributed by atoms with Gasteiger partial charge in [-0.25, -0.2) is 8.78 Å². The lowest BCUT2D eigenvalue weighted by molar-refractivity contribution is 0.0780. The summed E-state index contributed by atoms with van der Waals surface area (Å²) in [5, 5.41) is 2.31. The summed E-state index contributed by atoms with van der Waals surface area (Å²) in [6.07, 6.45) is 0.0373. The van der Waals surface area contributed by atoms with Crippen LogP contribution in [0, 0.1) is 0 Å². The minimum atomic E-state index is -2.61. The third-order valence-corrected chi connectivity index (χ3v) is 2.08. The van der Waals surface area contributed by atoms with E-state index in [0.29, 0.717) is 0 Å². The molecule has 1 atom stereocenters. The third kappa shape index (κ3) is 3.13. The van der Waals surface area contributed by atoms with Gasteiger partial charge in [0.05, 0.1) is 16.6 Å². The number of carbonyl (C=O) groups excluding carboxylic acids is 1. The lowest BCUT2D eigenvalue weighted by atomic mass is 10.2. The third-order valence-electron chi connectivity index (χ3n) is 1.75. The normalized spacial score (nSPS) is 12.6. The van der Waals surface area contributed by atoms with E-state index < -0.39 is 18.4 Å². The average Bonchev–Trinajstić information content (AvgIpc) is 2.18. The number of halogens is 3. The molecule has 0 bridgehead atoms. The van der Waals surface area contributed by atoms with Crippen LogP contribution < -0.4 is 5.32 Å².